The Bertz CT molecular complexity index is 1090. The molecule has 1 aliphatic rings. The van der Waals surface area contributed by atoms with Crippen LogP contribution in [0.3, 0.4) is 0 Å². The molecule has 1 N–H and O–H groups in total. The number of hydrogen-bond donors (Lipinski definition) is 1. The van der Waals surface area contributed by atoms with Crippen LogP contribution in [0.5, 0.6) is 0 Å². The van der Waals surface area contributed by atoms with E-state index in [9.17, 15) is 9.59 Å². The van der Waals surface area contributed by atoms with Crippen LogP contribution in [-0.4, -0.2) is 26.1 Å². The molecule has 6 nitrogen and oxygen atoms in total. The molecule has 1 aromatic carbocycles. The van der Waals surface area contributed by atoms with E-state index in [0.717, 1.165) is 29.8 Å². The zero-order valence-corrected chi connectivity index (χ0v) is 17.9. The standard InChI is InChI=1S/C24H30N4O2/c1-17-18(2)28(20-12-8-5-9-13-20)23-22(17)24(30)27(16-25-23)15-14-21(29)26-19-10-6-3-4-7-11-19/h5,8-9,12-13,16,19H,3-4,6-7,10-11,14-15H2,1-2H3,(H,26,29). The van der Waals surface area contributed by atoms with E-state index in [0.29, 0.717) is 24.0 Å². The number of benzene rings is 1. The van der Waals surface area contributed by atoms with Gasteiger partial charge in [-0.15, -0.1) is 0 Å². The molecule has 6 heteroatoms. The minimum absolute atomic E-state index is 0.0173. The predicted molar refractivity (Wildman–Crippen MR) is 119 cm³/mol. The van der Waals surface area contributed by atoms with E-state index >= 15 is 0 Å². The highest BCUT2D eigenvalue weighted by molar-refractivity contribution is 5.83. The summed E-state index contributed by atoms with van der Waals surface area (Å²) in [6.07, 6.45) is 8.87. The Morgan fingerprint density at radius 2 is 1.80 bits per heavy atom. The van der Waals surface area contributed by atoms with Gasteiger partial charge in [-0.25, -0.2) is 4.98 Å². The molecule has 0 unspecified atom stereocenters. The Balaban J connectivity index is 1.55. The highest BCUT2D eigenvalue weighted by atomic mass is 16.2. The predicted octanol–water partition coefficient (Wildman–Crippen LogP) is 4.03. The fourth-order valence-corrected chi connectivity index (χ4v) is 4.48. The lowest BCUT2D eigenvalue weighted by Crippen LogP contribution is -2.35. The van der Waals surface area contributed by atoms with Gasteiger partial charge in [0.05, 0.1) is 11.7 Å². The van der Waals surface area contributed by atoms with Gasteiger partial charge in [0.2, 0.25) is 5.91 Å². The first kappa shape index (κ1) is 20.4. The van der Waals surface area contributed by atoms with Crippen LogP contribution in [-0.2, 0) is 11.3 Å². The topological polar surface area (TPSA) is 68.9 Å². The molecule has 0 aliphatic heterocycles. The Kier molecular flexibility index (Phi) is 6.02. The van der Waals surface area contributed by atoms with Crippen LogP contribution in [0.4, 0.5) is 0 Å². The lowest BCUT2D eigenvalue weighted by molar-refractivity contribution is -0.122. The van der Waals surface area contributed by atoms with Crippen molar-refractivity contribution in [1.29, 1.82) is 0 Å². The molecule has 2 aromatic heterocycles. The van der Waals surface area contributed by atoms with Crippen molar-refractivity contribution in [3.63, 3.8) is 0 Å². The molecular formula is C24H30N4O2. The van der Waals surface area contributed by atoms with Crippen LogP contribution < -0.4 is 10.9 Å². The second-order valence-corrected chi connectivity index (χ2v) is 8.33. The molecule has 1 aliphatic carbocycles. The second kappa shape index (κ2) is 8.86. The monoisotopic (exact) mass is 406 g/mol. The summed E-state index contributed by atoms with van der Waals surface area (Å²) in [4.78, 5) is 30.2. The van der Waals surface area contributed by atoms with Crippen molar-refractivity contribution in [3.8, 4) is 5.69 Å². The maximum Gasteiger partial charge on any atom is 0.263 e. The first-order valence-electron chi connectivity index (χ1n) is 11.0. The van der Waals surface area contributed by atoms with Gasteiger partial charge in [0.1, 0.15) is 0 Å². The van der Waals surface area contributed by atoms with Crippen LogP contribution in [0.25, 0.3) is 16.7 Å². The molecule has 30 heavy (non-hydrogen) atoms. The maximum absolute atomic E-state index is 13.2. The fourth-order valence-electron chi connectivity index (χ4n) is 4.48. The van der Waals surface area contributed by atoms with E-state index in [1.807, 2.05) is 48.7 Å². The summed E-state index contributed by atoms with van der Waals surface area (Å²) in [5, 5.41) is 3.78. The molecular weight excluding hydrogens is 376 g/mol. The van der Waals surface area contributed by atoms with Crippen LogP contribution >= 0.6 is 0 Å². The van der Waals surface area contributed by atoms with Crippen molar-refractivity contribution in [2.45, 2.75) is 71.4 Å². The van der Waals surface area contributed by atoms with Crippen molar-refractivity contribution in [2.24, 2.45) is 0 Å². The molecule has 0 spiro atoms. The van der Waals surface area contributed by atoms with E-state index in [2.05, 4.69) is 10.3 Å². The second-order valence-electron chi connectivity index (χ2n) is 8.33. The number of nitrogens with zero attached hydrogens (tertiary/aromatic N) is 3. The summed E-state index contributed by atoms with van der Waals surface area (Å²) in [5.41, 5.74) is 3.51. The minimum Gasteiger partial charge on any atom is -0.353 e. The van der Waals surface area contributed by atoms with Gasteiger partial charge >= 0.3 is 0 Å². The molecule has 0 saturated heterocycles. The number of carbonyl (C=O) groups is 1. The van der Waals surface area contributed by atoms with Gasteiger partial charge < -0.3 is 5.32 Å². The van der Waals surface area contributed by atoms with E-state index in [1.54, 1.807) is 10.9 Å². The third-order valence-corrected chi connectivity index (χ3v) is 6.30. The van der Waals surface area contributed by atoms with Gasteiger partial charge in [-0.1, -0.05) is 43.9 Å². The average Bonchev–Trinajstić information content (AvgIpc) is 2.90. The Labute approximate surface area is 176 Å². The highest BCUT2D eigenvalue weighted by Crippen LogP contribution is 2.24. The van der Waals surface area contributed by atoms with Crippen molar-refractivity contribution in [1.82, 2.24) is 19.4 Å². The van der Waals surface area contributed by atoms with Crippen LogP contribution in [0, 0.1) is 13.8 Å². The van der Waals surface area contributed by atoms with Gasteiger partial charge in [-0.3, -0.25) is 18.7 Å². The van der Waals surface area contributed by atoms with Crippen LogP contribution in [0.1, 0.15) is 56.2 Å². The van der Waals surface area contributed by atoms with Gasteiger partial charge in [-0.2, -0.15) is 0 Å². The Morgan fingerprint density at radius 3 is 2.50 bits per heavy atom. The Hall–Kier alpha value is -2.89. The van der Waals surface area contributed by atoms with E-state index in [1.165, 1.54) is 25.7 Å². The van der Waals surface area contributed by atoms with Crippen LogP contribution in [0.15, 0.2) is 41.5 Å². The highest BCUT2D eigenvalue weighted by Gasteiger charge is 2.19. The summed E-state index contributed by atoms with van der Waals surface area (Å²) in [7, 11) is 0. The SMILES string of the molecule is Cc1c(C)n(-c2ccccc2)c2ncn(CCC(=O)NC3CCCCCC3)c(=O)c12. The number of rotatable bonds is 5. The van der Waals surface area contributed by atoms with E-state index in [-0.39, 0.29) is 17.5 Å². The third kappa shape index (κ3) is 4.04. The molecule has 158 valence electrons. The van der Waals surface area contributed by atoms with Crippen molar-refractivity contribution >= 4 is 16.9 Å². The number of hydrogen-bond acceptors (Lipinski definition) is 3. The van der Waals surface area contributed by atoms with Crippen molar-refractivity contribution in [2.75, 3.05) is 0 Å². The number of carbonyl (C=O) groups excluding carboxylic acids is 1. The largest absolute Gasteiger partial charge is 0.353 e. The van der Waals surface area contributed by atoms with Gasteiger partial charge in [0.25, 0.3) is 5.56 Å². The number of aryl methyl sites for hydroxylation is 2. The minimum atomic E-state index is -0.0856. The fraction of sp³-hybridized carbons (Fsp3) is 0.458. The molecule has 1 saturated carbocycles. The molecule has 2 heterocycles. The molecule has 0 bridgehead atoms. The van der Waals surface area contributed by atoms with Crippen molar-refractivity contribution < 1.29 is 4.79 Å². The lowest BCUT2D eigenvalue weighted by Gasteiger charge is -2.16. The molecule has 3 aromatic rings. The van der Waals surface area contributed by atoms with E-state index < -0.39 is 0 Å². The van der Waals surface area contributed by atoms with Gasteiger partial charge in [0.15, 0.2) is 5.65 Å². The molecule has 1 amide bonds. The summed E-state index contributed by atoms with van der Waals surface area (Å²) in [6, 6.07) is 10.2. The summed E-state index contributed by atoms with van der Waals surface area (Å²) < 4.78 is 3.59. The summed E-state index contributed by atoms with van der Waals surface area (Å²) in [6.45, 7) is 4.31. The molecule has 4 rings (SSSR count). The van der Waals surface area contributed by atoms with Crippen LogP contribution in [0.2, 0.25) is 0 Å². The van der Waals surface area contributed by atoms with Gasteiger partial charge in [-0.05, 0) is 44.4 Å². The Morgan fingerprint density at radius 1 is 1.10 bits per heavy atom. The smallest absolute Gasteiger partial charge is 0.263 e. The molecule has 0 radical (unpaired) electrons. The van der Waals surface area contributed by atoms with Gasteiger partial charge in [0, 0.05) is 30.4 Å². The molecule has 1 fully saturated rings. The summed E-state index contributed by atoms with van der Waals surface area (Å²) in [5.74, 6) is 0.0173. The zero-order valence-electron chi connectivity index (χ0n) is 17.9. The quantitative estimate of drug-likeness (QED) is 0.651. The first-order chi connectivity index (χ1) is 14.6. The normalized spacial score (nSPS) is 15.3. The third-order valence-electron chi connectivity index (χ3n) is 6.30. The summed E-state index contributed by atoms with van der Waals surface area (Å²) >= 11 is 0. The number of para-hydroxylation sites is 1. The average molecular weight is 407 g/mol. The number of amides is 1. The number of fused-ring (bicyclic) bond motifs is 1. The van der Waals surface area contributed by atoms with E-state index in [4.69, 9.17) is 0 Å². The first-order valence-corrected chi connectivity index (χ1v) is 11.0. The number of nitrogens with one attached hydrogen (secondary N) is 1. The number of aromatic nitrogens is 3. The van der Waals surface area contributed by atoms with Crippen molar-refractivity contribution in [3.05, 3.63) is 58.3 Å². The molecule has 0 atom stereocenters. The maximum atomic E-state index is 13.2. The zero-order chi connectivity index (χ0) is 21.1. The lowest BCUT2D eigenvalue weighted by atomic mass is 10.1.